The first kappa shape index (κ1) is 25.4. The van der Waals surface area contributed by atoms with E-state index in [1.54, 1.807) is 0 Å². The number of halogens is 5. The number of likely N-dealkylation sites (tertiary alicyclic amines) is 1. The van der Waals surface area contributed by atoms with E-state index < -0.39 is 29.8 Å². The van der Waals surface area contributed by atoms with E-state index in [9.17, 15) is 27.2 Å². The van der Waals surface area contributed by atoms with Gasteiger partial charge >= 0.3 is 6.18 Å². The van der Waals surface area contributed by atoms with E-state index in [4.69, 9.17) is 11.6 Å². The molecule has 0 spiro atoms. The Kier molecular flexibility index (Phi) is 9.59. The van der Waals surface area contributed by atoms with Crippen molar-refractivity contribution in [2.24, 2.45) is 5.92 Å². The molecule has 1 aliphatic heterocycles. The van der Waals surface area contributed by atoms with E-state index in [1.807, 2.05) is 6.92 Å². The van der Waals surface area contributed by atoms with Gasteiger partial charge in [0.1, 0.15) is 11.9 Å². The van der Waals surface area contributed by atoms with Crippen LogP contribution in [-0.4, -0.2) is 42.0 Å². The number of hydrogen-bond donors (Lipinski definition) is 1. The van der Waals surface area contributed by atoms with Crippen LogP contribution in [0, 0.1) is 11.7 Å². The quantitative estimate of drug-likeness (QED) is 0.354. The van der Waals surface area contributed by atoms with Crippen LogP contribution in [-0.2, 0) is 4.79 Å². The first-order valence-electron chi connectivity index (χ1n) is 10.7. The third kappa shape index (κ3) is 7.98. The van der Waals surface area contributed by atoms with Crippen LogP contribution in [0.4, 0.5) is 17.6 Å². The van der Waals surface area contributed by atoms with E-state index in [0.717, 1.165) is 36.3 Å². The van der Waals surface area contributed by atoms with Crippen molar-refractivity contribution < 1.29 is 27.2 Å². The summed E-state index contributed by atoms with van der Waals surface area (Å²) in [6, 6.07) is 1.99. The number of hydrogen-bond acceptors (Lipinski definition) is 2. The average molecular weight is 465 g/mol. The summed E-state index contributed by atoms with van der Waals surface area (Å²) in [4.78, 5) is 25.5. The molecule has 1 fully saturated rings. The number of unbranched alkanes of at least 4 members (excludes halogenated alkanes) is 1. The largest absolute Gasteiger partial charge is 0.408 e. The molecule has 1 N–H and O–H groups in total. The predicted molar refractivity (Wildman–Crippen MR) is 111 cm³/mol. The summed E-state index contributed by atoms with van der Waals surface area (Å²) < 4.78 is 52.5. The van der Waals surface area contributed by atoms with Gasteiger partial charge in [-0.2, -0.15) is 13.2 Å². The fourth-order valence-corrected chi connectivity index (χ4v) is 4.26. The Morgan fingerprint density at radius 2 is 1.97 bits per heavy atom. The van der Waals surface area contributed by atoms with Crippen LogP contribution in [0.25, 0.3) is 0 Å². The van der Waals surface area contributed by atoms with Gasteiger partial charge in [-0.25, -0.2) is 4.39 Å². The van der Waals surface area contributed by atoms with Crippen LogP contribution in [0.5, 0.6) is 0 Å². The Labute approximate surface area is 185 Å². The SMILES string of the molecule is CCCC(CCCCC(=O)N1CCC[C@H]1C(F)(F)F)CNC(=O)c1cc(F)cc(Cl)c1. The van der Waals surface area contributed by atoms with Gasteiger partial charge in [0.05, 0.1) is 0 Å². The first-order chi connectivity index (χ1) is 14.6. The maximum absolute atomic E-state index is 13.4. The number of rotatable bonds is 10. The van der Waals surface area contributed by atoms with Crippen molar-refractivity contribution in [3.63, 3.8) is 0 Å². The fraction of sp³-hybridized carbons (Fsp3) is 0.636. The number of amides is 2. The van der Waals surface area contributed by atoms with Crippen LogP contribution in [0.15, 0.2) is 18.2 Å². The van der Waals surface area contributed by atoms with E-state index in [0.29, 0.717) is 25.8 Å². The second-order valence-electron chi connectivity index (χ2n) is 8.06. The molecule has 1 aromatic rings. The Balaban J connectivity index is 1.76. The molecule has 2 atom stereocenters. The van der Waals surface area contributed by atoms with Gasteiger partial charge in [-0.15, -0.1) is 0 Å². The van der Waals surface area contributed by atoms with E-state index >= 15 is 0 Å². The predicted octanol–water partition coefficient (Wildman–Crippen LogP) is 5.74. The highest BCUT2D eigenvalue weighted by molar-refractivity contribution is 6.31. The van der Waals surface area contributed by atoms with E-state index in [2.05, 4.69) is 5.32 Å². The third-order valence-corrected chi connectivity index (χ3v) is 5.80. The van der Waals surface area contributed by atoms with Gasteiger partial charge in [0.25, 0.3) is 5.91 Å². The summed E-state index contributed by atoms with van der Waals surface area (Å²) in [5.41, 5.74) is 0.149. The first-order valence-corrected chi connectivity index (χ1v) is 11.1. The molecule has 0 aromatic heterocycles. The van der Waals surface area contributed by atoms with Crippen LogP contribution in [0.1, 0.15) is 68.6 Å². The van der Waals surface area contributed by atoms with Gasteiger partial charge in [-0.1, -0.05) is 31.4 Å². The molecular formula is C22H29ClF4N2O2. The van der Waals surface area contributed by atoms with Crippen molar-refractivity contribution in [3.05, 3.63) is 34.6 Å². The molecule has 0 aliphatic carbocycles. The number of carbonyl (C=O) groups excluding carboxylic acids is 2. The van der Waals surface area contributed by atoms with E-state index in [-0.39, 0.29) is 35.9 Å². The molecule has 1 aromatic carbocycles. The minimum absolute atomic E-state index is 0.0238. The van der Waals surface area contributed by atoms with Gasteiger partial charge < -0.3 is 10.2 Å². The molecule has 1 saturated heterocycles. The van der Waals surface area contributed by atoms with Crippen LogP contribution < -0.4 is 5.32 Å². The summed E-state index contributed by atoms with van der Waals surface area (Å²) in [5, 5.41) is 2.93. The van der Waals surface area contributed by atoms with Crippen molar-refractivity contribution in [1.82, 2.24) is 10.2 Å². The minimum Gasteiger partial charge on any atom is -0.352 e. The highest BCUT2D eigenvalue weighted by Crippen LogP contribution is 2.33. The van der Waals surface area contributed by atoms with Crippen LogP contribution in [0.2, 0.25) is 5.02 Å². The Morgan fingerprint density at radius 1 is 1.23 bits per heavy atom. The van der Waals surface area contributed by atoms with E-state index in [1.165, 1.54) is 6.07 Å². The molecular weight excluding hydrogens is 436 g/mol. The number of alkyl halides is 3. The van der Waals surface area contributed by atoms with Gasteiger partial charge in [-0.3, -0.25) is 9.59 Å². The molecule has 1 heterocycles. The molecule has 0 bridgehead atoms. The second-order valence-corrected chi connectivity index (χ2v) is 8.49. The second kappa shape index (κ2) is 11.7. The molecule has 1 aliphatic rings. The van der Waals surface area contributed by atoms with Crippen molar-refractivity contribution in [1.29, 1.82) is 0 Å². The number of nitrogens with one attached hydrogen (secondary N) is 1. The Bertz CT molecular complexity index is 737. The highest BCUT2D eigenvalue weighted by atomic mass is 35.5. The van der Waals surface area contributed by atoms with Crippen molar-refractivity contribution in [3.8, 4) is 0 Å². The zero-order chi connectivity index (χ0) is 23.0. The summed E-state index contributed by atoms with van der Waals surface area (Å²) in [7, 11) is 0. The summed E-state index contributed by atoms with van der Waals surface area (Å²) in [5.74, 6) is -1.27. The summed E-state index contributed by atoms with van der Waals surface area (Å²) >= 11 is 5.78. The summed E-state index contributed by atoms with van der Waals surface area (Å²) in [6.07, 6.45) is -0.215. The maximum Gasteiger partial charge on any atom is 0.408 e. The Hall–Kier alpha value is -1.83. The molecule has 1 unspecified atom stereocenters. The topological polar surface area (TPSA) is 49.4 Å². The normalized spacial score (nSPS) is 17.6. The fourth-order valence-electron chi connectivity index (χ4n) is 4.04. The van der Waals surface area contributed by atoms with Gasteiger partial charge in [0.2, 0.25) is 5.91 Å². The zero-order valence-corrected chi connectivity index (χ0v) is 18.4. The molecule has 9 heteroatoms. The third-order valence-electron chi connectivity index (χ3n) is 5.58. The Morgan fingerprint density at radius 3 is 2.61 bits per heavy atom. The minimum atomic E-state index is -4.37. The van der Waals surface area contributed by atoms with Crippen molar-refractivity contribution in [2.45, 2.75) is 70.5 Å². The lowest BCUT2D eigenvalue weighted by Gasteiger charge is -2.26. The van der Waals surface area contributed by atoms with Crippen LogP contribution >= 0.6 is 11.6 Å². The molecule has 2 amide bonds. The molecule has 2 rings (SSSR count). The molecule has 174 valence electrons. The lowest BCUT2D eigenvalue weighted by molar-refractivity contribution is -0.182. The molecule has 0 saturated carbocycles. The smallest absolute Gasteiger partial charge is 0.352 e. The van der Waals surface area contributed by atoms with Gasteiger partial charge in [0.15, 0.2) is 0 Å². The number of benzene rings is 1. The monoisotopic (exact) mass is 464 g/mol. The lowest BCUT2D eigenvalue weighted by atomic mass is 9.96. The van der Waals surface area contributed by atoms with Gasteiger partial charge in [-0.05, 0) is 56.2 Å². The standard InChI is InChI=1S/C22H29ClF4N2O2/c1-2-6-15(14-28-21(31)16-11-17(23)13-18(24)12-16)7-3-4-9-20(30)29-10-5-8-19(29)22(25,26)27/h11-13,15,19H,2-10,14H2,1H3,(H,28,31)/t15?,19-/m0/s1. The summed E-state index contributed by atoms with van der Waals surface area (Å²) in [6.45, 7) is 2.59. The highest BCUT2D eigenvalue weighted by Gasteiger charge is 2.47. The van der Waals surface area contributed by atoms with Crippen molar-refractivity contribution >= 4 is 23.4 Å². The molecule has 31 heavy (non-hydrogen) atoms. The van der Waals surface area contributed by atoms with Crippen LogP contribution in [0.3, 0.4) is 0 Å². The maximum atomic E-state index is 13.4. The number of carbonyl (C=O) groups is 2. The lowest BCUT2D eigenvalue weighted by Crippen LogP contribution is -2.44. The van der Waals surface area contributed by atoms with Gasteiger partial charge in [0, 0.05) is 30.1 Å². The number of nitrogens with zero attached hydrogens (tertiary/aromatic N) is 1. The molecule has 0 radical (unpaired) electrons. The van der Waals surface area contributed by atoms with Crippen molar-refractivity contribution in [2.75, 3.05) is 13.1 Å². The molecule has 4 nitrogen and oxygen atoms in total. The average Bonchev–Trinajstić information content (AvgIpc) is 3.18. The zero-order valence-electron chi connectivity index (χ0n) is 17.6.